The quantitative estimate of drug-likeness (QED) is 0.548. The second-order valence-corrected chi connectivity index (χ2v) is 6.44. The molecule has 0 aliphatic carbocycles. The number of carboxylic acid groups (broad SMARTS) is 1. The maximum Gasteiger partial charge on any atom is 0.329 e. The van der Waals surface area contributed by atoms with Crippen LogP contribution < -0.4 is 10.1 Å². The van der Waals surface area contributed by atoms with Crippen LogP contribution in [0.15, 0.2) is 84.9 Å². The van der Waals surface area contributed by atoms with Crippen molar-refractivity contribution < 1.29 is 24.5 Å². The molecule has 0 fully saturated rings. The lowest BCUT2D eigenvalue weighted by Crippen LogP contribution is -2.45. The molecule has 0 heterocycles. The third-order valence-corrected chi connectivity index (χ3v) is 4.37. The lowest BCUT2D eigenvalue weighted by atomic mass is 10.0. The molecule has 2 unspecified atom stereocenters. The van der Waals surface area contributed by atoms with E-state index in [-0.39, 0.29) is 0 Å². The fourth-order valence-corrected chi connectivity index (χ4v) is 2.78. The number of aliphatic hydroxyl groups is 1. The Morgan fingerprint density at radius 2 is 1.45 bits per heavy atom. The van der Waals surface area contributed by atoms with Crippen LogP contribution >= 0.6 is 0 Å². The van der Waals surface area contributed by atoms with Crippen LogP contribution in [-0.4, -0.2) is 28.1 Å². The van der Waals surface area contributed by atoms with Crippen molar-refractivity contribution in [2.45, 2.75) is 18.8 Å². The predicted octanol–water partition coefficient (Wildman–Crippen LogP) is 3.18. The molecule has 3 aromatic rings. The highest BCUT2D eigenvalue weighted by atomic mass is 16.5. The van der Waals surface area contributed by atoms with Gasteiger partial charge in [-0.15, -0.1) is 0 Å². The predicted molar refractivity (Wildman–Crippen MR) is 108 cm³/mol. The van der Waals surface area contributed by atoms with Gasteiger partial charge in [0.15, 0.2) is 6.04 Å². The van der Waals surface area contributed by atoms with Gasteiger partial charge >= 0.3 is 5.97 Å². The largest absolute Gasteiger partial charge is 0.489 e. The van der Waals surface area contributed by atoms with Crippen molar-refractivity contribution >= 4 is 11.9 Å². The number of amides is 1. The van der Waals surface area contributed by atoms with Crippen LogP contribution in [0.3, 0.4) is 0 Å². The number of ether oxygens (including phenoxy) is 1. The van der Waals surface area contributed by atoms with Crippen LogP contribution in [0.2, 0.25) is 0 Å². The highest BCUT2D eigenvalue weighted by Gasteiger charge is 2.29. The van der Waals surface area contributed by atoms with Crippen molar-refractivity contribution in [3.05, 3.63) is 102 Å². The molecule has 3 rings (SSSR count). The topological polar surface area (TPSA) is 95.9 Å². The van der Waals surface area contributed by atoms with Gasteiger partial charge in [0.05, 0.1) is 0 Å². The van der Waals surface area contributed by atoms with Crippen molar-refractivity contribution in [3.8, 4) is 5.75 Å². The van der Waals surface area contributed by atoms with Gasteiger partial charge in [0.2, 0.25) is 0 Å². The molecule has 148 valence electrons. The Bertz CT molecular complexity index is 942. The number of aliphatic hydroxyl groups excluding tert-OH is 1. The summed E-state index contributed by atoms with van der Waals surface area (Å²) < 4.78 is 5.69. The number of carbonyl (C=O) groups excluding carboxylic acids is 1. The van der Waals surface area contributed by atoms with E-state index in [0.29, 0.717) is 23.5 Å². The summed E-state index contributed by atoms with van der Waals surface area (Å²) in [6, 6.07) is 22.9. The Kier molecular flexibility index (Phi) is 6.60. The third kappa shape index (κ3) is 5.43. The fourth-order valence-electron chi connectivity index (χ4n) is 2.78. The molecule has 29 heavy (non-hydrogen) atoms. The van der Waals surface area contributed by atoms with Gasteiger partial charge in [0.25, 0.3) is 5.91 Å². The molecule has 0 bridgehead atoms. The van der Waals surface area contributed by atoms with E-state index in [1.54, 1.807) is 54.6 Å². The first-order valence-corrected chi connectivity index (χ1v) is 9.08. The van der Waals surface area contributed by atoms with E-state index in [4.69, 9.17) is 4.74 Å². The van der Waals surface area contributed by atoms with E-state index < -0.39 is 24.0 Å². The molecular formula is C23H21NO5. The summed E-state index contributed by atoms with van der Waals surface area (Å²) in [6.07, 6.45) is -1.41. The molecule has 6 nitrogen and oxygen atoms in total. The summed E-state index contributed by atoms with van der Waals surface area (Å²) in [5, 5.41) is 22.3. The van der Waals surface area contributed by atoms with Crippen LogP contribution in [0, 0.1) is 0 Å². The molecule has 3 aromatic carbocycles. The summed E-state index contributed by atoms with van der Waals surface area (Å²) >= 11 is 0. The number of carbonyl (C=O) groups is 2. The second kappa shape index (κ2) is 9.52. The molecule has 1 amide bonds. The molecule has 3 N–H and O–H groups in total. The van der Waals surface area contributed by atoms with Gasteiger partial charge in [-0.25, -0.2) is 4.79 Å². The van der Waals surface area contributed by atoms with Gasteiger partial charge in [-0.2, -0.15) is 0 Å². The van der Waals surface area contributed by atoms with E-state index in [9.17, 15) is 19.8 Å². The van der Waals surface area contributed by atoms with Crippen LogP contribution in [0.1, 0.15) is 27.6 Å². The molecule has 0 radical (unpaired) electrons. The van der Waals surface area contributed by atoms with Crippen LogP contribution in [-0.2, 0) is 11.4 Å². The minimum atomic E-state index is -1.49. The van der Waals surface area contributed by atoms with Gasteiger partial charge in [-0.3, -0.25) is 4.79 Å². The van der Waals surface area contributed by atoms with Crippen molar-refractivity contribution in [1.29, 1.82) is 0 Å². The van der Waals surface area contributed by atoms with E-state index in [1.807, 2.05) is 30.3 Å². The summed E-state index contributed by atoms with van der Waals surface area (Å²) in [5.41, 5.74) is 1.69. The molecule has 0 aliphatic rings. The zero-order valence-electron chi connectivity index (χ0n) is 15.6. The average Bonchev–Trinajstić information content (AvgIpc) is 2.77. The Morgan fingerprint density at radius 3 is 2.03 bits per heavy atom. The van der Waals surface area contributed by atoms with Crippen LogP contribution in [0.4, 0.5) is 0 Å². The van der Waals surface area contributed by atoms with Gasteiger partial charge in [-0.05, 0) is 35.4 Å². The van der Waals surface area contributed by atoms with Gasteiger partial charge in [-0.1, -0.05) is 60.7 Å². The monoisotopic (exact) mass is 391 g/mol. The first-order valence-electron chi connectivity index (χ1n) is 9.08. The number of carboxylic acids is 1. The second-order valence-electron chi connectivity index (χ2n) is 6.44. The highest BCUT2D eigenvalue weighted by Crippen LogP contribution is 2.22. The summed E-state index contributed by atoms with van der Waals surface area (Å²) in [7, 11) is 0. The molecule has 2 atom stereocenters. The van der Waals surface area contributed by atoms with Gasteiger partial charge < -0.3 is 20.3 Å². The molecule has 0 saturated heterocycles. The lowest BCUT2D eigenvalue weighted by molar-refractivity contribution is -0.142. The summed E-state index contributed by atoms with van der Waals surface area (Å²) in [6.45, 7) is 0.396. The summed E-state index contributed by atoms with van der Waals surface area (Å²) in [5.74, 6) is -1.31. The van der Waals surface area contributed by atoms with Gasteiger partial charge in [0.1, 0.15) is 18.5 Å². The van der Waals surface area contributed by atoms with Crippen LogP contribution in [0.5, 0.6) is 5.75 Å². The Labute approximate surface area is 168 Å². The van der Waals surface area contributed by atoms with Crippen LogP contribution in [0.25, 0.3) is 0 Å². The molecule has 6 heteroatoms. The van der Waals surface area contributed by atoms with E-state index >= 15 is 0 Å². The lowest BCUT2D eigenvalue weighted by Gasteiger charge is -2.21. The maximum atomic E-state index is 12.3. The Morgan fingerprint density at radius 1 is 0.862 bits per heavy atom. The zero-order valence-corrected chi connectivity index (χ0v) is 15.6. The first-order chi connectivity index (χ1) is 14.0. The number of hydrogen-bond donors (Lipinski definition) is 3. The van der Waals surface area contributed by atoms with Gasteiger partial charge in [0, 0.05) is 5.56 Å². The molecular weight excluding hydrogens is 370 g/mol. The molecule has 0 aliphatic heterocycles. The Hall–Kier alpha value is -3.64. The average molecular weight is 391 g/mol. The summed E-state index contributed by atoms with van der Waals surface area (Å²) in [4.78, 5) is 23.9. The number of benzene rings is 3. The highest BCUT2D eigenvalue weighted by molar-refractivity contribution is 5.96. The normalized spacial score (nSPS) is 12.6. The van der Waals surface area contributed by atoms with Crippen molar-refractivity contribution in [2.75, 3.05) is 0 Å². The van der Waals surface area contributed by atoms with Crippen molar-refractivity contribution in [1.82, 2.24) is 5.32 Å². The maximum absolute atomic E-state index is 12.3. The molecule has 0 spiro atoms. The van der Waals surface area contributed by atoms with Crippen molar-refractivity contribution in [2.24, 2.45) is 0 Å². The zero-order chi connectivity index (χ0) is 20.6. The van der Waals surface area contributed by atoms with E-state index in [1.165, 1.54) is 0 Å². The fraction of sp³-hybridized carbons (Fsp3) is 0.130. The molecule has 0 saturated carbocycles. The number of nitrogens with one attached hydrogen (secondary N) is 1. The molecule has 0 aromatic heterocycles. The van der Waals surface area contributed by atoms with E-state index in [0.717, 1.165) is 5.56 Å². The first kappa shape index (κ1) is 20.1. The number of aliphatic carboxylic acids is 1. The number of hydrogen-bond acceptors (Lipinski definition) is 4. The number of rotatable bonds is 8. The Balaban J connectivity index is 1.65. The third-order valence-electron chi connectivity index (χ3n) is 4.37. The minimum Gasteiger partial charge on any atom is -0.489 e. The smallest absolute Gasteiger partial charge is 0.329 e. The van der Waals surface area contributed by atoms with E-state index in [2.05, 4.69) is 5.32 Å². The van der Waals surface area contributed by atoms with Crippen molar-refractivity contribution in [3.63, 3.8) is 0 Å². The minimum absolute atomic E-state index is 0.315. The standard InChI is InChI=1S/C23H21NO5/c25-21(20(23(27)28)24-22(26)18-9-5-2-6-10-18)17-11-13-19(14-12-17)29-15-16-7-3-1-4-8-16/h1-14,20-21,25H,15H2,(H,24,26)(H,27,28). The SMILES string of the molecule is O=C(NC(C(=O)O)C(O)c1ccc(OCc2ccccc2)cc1)c1ccccc1.